The first-order chi connectivity index (χ1) is 17.4. The molecule has 0 saturated carbocycles. The molecule has 1 atom stereocenters. The molecule has 14 nitrogen and oxygen atoms in total. The Hall–Kier alpha value is 0.510. The van der Waals surface area contributed by atoms with Gasteiger partial charge in [-0.2, -0.15) is 0 Å². The zero-order valence-corrected chi connectivity index (χ0v) is 32.2. The van der Waals surface area contributed by atoms with Crippen molar-refractivity contribution in [3.05, 3.63) is 29.8 Å². The Balaban J connectivity index is -0.00000171. The van der Waals surface area contributed by atoms with E-state index in [1.807, 2.05) is 0 Å². The molecule has 0 spiro atoms. The van der Waals surface area contributed by atoms with E-state index < -0.39 is 68.6 Å². The fourth-order valence-corrected chi connectivity index (χ4v) is 3.69. The number of hydrogen-bond donors (Lipinski definition) is 0. The van der Waals surface area contributed by atoms with E-state index >= 15 is 0 Å². The van der Waals surface area contributed by atoms with Crippen molar-refractivity contribution >= 4 is 67.6 Å². The monoisotopic (exact) mass is 631 g/mol. The van der Waals surface area contributed by atoms with E-state index in [-0.39, 0.29) is 152 Å². The summed E-state index contributed by atoms with van der Waals surface area (Å²) in [6, 6.07) is 5.80. The van der Waals surface area contributed by atoms with Crippen LogP contribution in [0.25, 0.3) is 0 Å². The van der Waals surface area contributed by atoms with Crippen molar-refractivity contribution in [1.82, 2.24) is 14.7 Å². The average molecular weight is 632 g/mol. The molecule has 1 aromatic carbocycles. The van der Waals surface area contributed by atoms with Crippen LogP contribution in [0, 0.1) is 0 Å². The zero-order chi connectivity index (χ0) is 28.0. The van der Waals surface area contributed by atoms with Gasteiger partial charge in [0.05, 0.1) is 36.5 Å². The zero-order valence-electron chi connectivity index (χ0n) is 24.0. The second kappa shape index (κ2) is 26.9. The van der Waals surface area contributed by atoms with E-state index in [1.54, 1.807) is 31.2 Å². The van der Waals surface area contributed by atoms with Gasteiger partial charge in [0.2, 0.25) is 0 Å². The molecule has 206 valence electrons. The van der Waals surface area contributed by atoms with Crippen LogP contribution in [0.15, 0.2) is 24.3 Å². The maximum absolute atomic E-state index is 11.4. The molecule has 0 bridgehead atoms. The van der Waals surface area contributed by atoms with Crippen LogP contribution in [0.2, 0.25) is 0 Å². The van der Waals surface area contributed by atoms with E-state index in [9.17, 15) is 49.5 Å². The van der Waals surface area contributed by atoms with Crippen LogP contribution in [-0.4, -0.2) is 147 Å². The third kappa shape index (κ3) is 23.5. The number of hydrogen-bond acceptors (Lipinski definition) is 14. The van der Waals surface area contributed by atoms with E-state index in [0.29, 0.717) is 17.9 Å². The van der Waals surface area contributed by atoms with E-state index in [2.05, 4.69) is 0 Å². The molecule has 0 fully saturated rings. The third-order valence-corrected chi connectivity index (χ3v) is 5.15. The Morgan fingerprint density at radius 3 is 1.46 bits per heavy atom. The molecule has 0 aliphatic carbocycles. The van der Waals surface area contributed by atoms with Gasteiger partial charge in [0.15, 0.2) is 0 Å². The second-order valence-corrected chi connectivity index (χ2v) is 8.15. The van der Waals surface area contributed by atoms with Crippen molar-refractivity contribution < 1.29 is 143 Å². The summed E-state index contributed by atoms with van der Waals surface area (Å²) in [5, 5.41) is 55.9. The molecule has 1 aromatic rings. The van der Waals surface area contributed by atoms with Crippen LogP contribution in [0.3, 0.4) is 0 Å². The van der Waals surface area contributed by atoms with Crippen molar-refractivity contribution in [2.45, 2.75) is 19.4 Å². The van der Waals surface area contributed by atoms with Crippen molar-refractivity contribution in [3.63, 3.8) is 0 Å². The average Bonchev–Trinajstić information content (AvgIpc) is 2.76. The van der Waals surface area contributed by atoms with Gasteiger partial charge in [0, 0.05) is 58.4 Å². The number of ether oxygens (including phenoxy) is 1. The summed E-state index contributed by atoms with van der Waals surface area (Å²) in [6.07, 6.45) is 0.0817. The Morgan fingerprint density at radius 1 is 0.683 bits per heavy atom. The maximum atomic E-state index is 11.4. The summed E-state index contributed by atoms with van der Waals surface area (Å²) in [7, 11) is 0. The number of benzene rings is 1. The number of carbonyl (C=O) groups is 5. The largest absolute Gasteiger partial charge is 2.00 e. The molecule has 0 aromatic heterocycles. The first-order valence-electron chi connectivity index (χ1n) is 11.3. The van der Waals surface area contributed by atoms with Crippen LogP contribution in [0.5, 0.6) is 5.75 Å². The van der Waals surface area contributed by atoms with Gasteiger partial charge in [-0.15, -0.1) is 0 Å². The minimum atomic E-state index is -1.57. The van der Waals surface area contributed by atoms with Gasteiger partial charge in [-0.25, -0.2) is 0 Å². The molecule has 0 aliphatic heterocycles. The van der Waals surface area contributed by atoms with Crippen LogP contribution < -0.4 is 119 Å². The summed E-state index contributed by atoms with van der Waals surface area (Å²) in [4.78, 5) is 59.1. The normalized spacial score (nSPS) is 10.8. The minimum Gasteiger partial charge on any atom is -0.549 e. The summed E-state index contributed by atoms with van der Waals surface area (Å²) in [5.41, 5.74) is 0.652. The first-order valence-corrected chi connectivity index (χ1v) is 11.3. The molecule has 1 rings (SSSR count). The predicted octanol–water partition coefficient (Wildman–Crippen LogP) is -16.7. The van der Waals surface area contributed by atoms with Crippen LogP contribution >= 0.6 is 0 Å². The number of nitrogens with zero attached hydrogens (tertiary/aromatic N) is 3. The number of aliphatic carboxylic acids is 5. The Bertz CT molecular complexity index is 913. The first kappa shape index (κ1) is 48.4. The number of rotatable bonds is 20. The molecule has 0 heterocycles. The van der Waals surface area contributed by atoms with Gasteiger partial charge < -0.3 is 54.2 Å². The quantitative estimate of drug-likeness (QED) is 0.122. The smallest absolute Gasteiger partial charge is 0.549 e. The van der Waals surface area contributed by atoms with Gasteiger partial charge in [-0.1, -0.05) is 12.1 Å². The molecule has 0 aliphatic rings. The van der Waals surface area contributed by atoms with Gasteiger partial charge in [-0.05, 0) is 31.0 Å². The molecule has 0 amide bonds. The van der Waals surface area contributed by atoms with Crippen molar-refractivity contribution in [1.29, 1.82) is 0 Å². The fourth-order valence-electron chi connectivity index (χ4n) is 3.69. The number of carbonyl (C=O) groups excluding carboxylic acids is 5. The van der Waals surface area contributed by atoms with Crippen LogP contribution in [0.4, 0.5) is 0 Å². The summed E-state index contributed by atoms with van der Waals surface area (Å²) in [5.74, 6) is -7.21. The summed E-state index contributed by atoms with van der Waals surface area (Å²) >= 11 is 0. The molecular weight excluding hydrogens is 603 g/mol. The molecule has 0 unspecified atom stereocenters. The van der Waals surface area contributed by atoms with E-state index in [4.69, 9.17) is 4.74 Å². The minimum absolute atomic E-state index is 0. The van der Waals surface area contributed by atoms with E-state index in [1.165, 1.54) is 4.90 Å². The van der Waals surface area contributed by atoms with Crippen molar-refractivity contribution in [2.24, 2.45) is 0 Å². The van der Waals surface area contributed by atoms with E-state index in [0.717, 1.165) is 9.80 Å². The predicted molar refractivity (Wildman–Crippen MR) is 120 cm³/mol. The maximum Gasteiger partial charge on any atom is 2.00 e. The summed E-state index contributed by atoms with van der Waals surface area (Å²) in [6.45, 7) is -2.18. The number of carboxylic acids is 5. The Kier molecular flexibility index (Phi) is 31.7. The second-order valence-electron chi connectivity index (χ2n) is 8.15. The van der Waals surface area contributed by atoms with Gasteiger partial charge in [0.1, 0.15) is 5.75 Å². The Labute approximate surface area is 334 Å². The molecule has 41 heavy (non-hydrogen) atoms. The topological polar surface area (TPSA) is 220 Å². The van der Waals surface area contributed by atoms with Crippen LogP contribution in [0.1, 0.15) is 12.5 Å². The fraction of sp³-hybridized carbons (Fsp3) is 0.522. The molecule has 0 N–H and O–H groups in total. The van der Waals surface area contributed by atoms with Gasteiger partial charge >= 0.3 is 126 Å². The van der Waals surface area contributed by atoms with Crippen molar-refractivity contribution in [3.8, 4) is 5.75 Å². The Morgan fingerprint density at radius 2 is 1.07 bits per heavy atom. The van der Waals surface area contributed by atoms with Gasteiger partial charge in [0.25, 0.3) is 0 Å². The molecule has 0 saturated heterocycles. The molecular formula is C23H28CaN3Na3O11. The number of carboxylic acid groups (broad SMARTS) is 5. The third-order valence-electron chi connectivity index (χ3n) is 5.15. The SMILES string of the molecule is CCOc1ccc(C[C@@H](CN(CCN(CC(=O)[O-])CC(=O)[O-])CC(=O)[O-])N(CC(=O)[O-])CC(=O)[O-])cc1.[Ca+2].[Na+].[Na+].[Na+]. The van der Waals surface area contributed by atoms with Crippen LogP contribution in [-0.2, 0) is 30.4 Å². The van der Waals surface area contributed by atoms with Crippen molar-refractivity contribution in [2.75, 3.05) is 59.0 Å². The standard InChI is InChI=1S/C23H33N3O11.Ca.3Na/c1-2-37-18-5-3-16(4-6-18)9-17(26(14-22(33)34)15-23(35)36)10-24(11-19(27)28)7-8-25(12-20(29)30)13-21(31)32;;;;/h3-6,17H,2,7-15H2,1H3,(H,27,28)(H,29,30)(H,31,32)(H,33,34)(H,35,36);;;;/q;+2;3*+1/p-5/t17-;;;;/m0..../s1. The van der Waals surface area contributed by atoms with Gasteiger partial charge in [-0.3, -0.25) is 14.7 Å². The molecule has 18 heteroatoms. The molecule has 0 radical (unpaired) electrons. The summed E-state index contributed by atoms with van der Waals surface area (Å²) < 4.78 is 5.38.